The summed E-state index contributed by atoms with van der Waals surface area (Å²) in [6, 6.07) is 6.95. The number of hydrogen-bond acceptors (Lipinski definition) is 3. The summed E-state index contributed by atoms with van der Waals surface area (Å²) in [5.41, 5.74) is 3.60. The van der Waals surface area contributed by atoms with Gasteiger partial charge in [-0.05, 0) is 50.2 Å². The third-order valence-corrected chi connectivity index (χ3v) is 5.16. The highest BCUT2D eigenvalue weighted by Gasteiger charge is 2.32. The predicted octanol–water partition coefficient (Wildman–Crippen LogP) is 2.87. The molecule has 2 atom stereocenters. The topological polar surface area (TPSA) is 33.2 Å². The van der Waals surface area contributed by atoms with E-state index in [0.717, 1.165) is 30.0 Å². The van der Waals surface area contributed by atoms with Crippen LogP contribution in [0.1, 0.15) is 18.4 Å². The van der Waals surface area contributed by atoms with Crippen LogP contribution in [0, 0.1) is 11.7 Å². The molecule has 1 aromatic heterocycles. The number of aromatic amines is 1. The number of rotatable bonds is 2. The molecule has 4 rings (SSSR count). The van der Waals surface area contributed by atoms with Gasteiger partial charge in [0.1, 0.15) is 0 Å². The van der Waals surface area contributed by atoms with Crippen molar-refractivity contribution >= 4 is 23.3 Å². The number of imidazole rings is 1. The molecule has 2 saturated heterocycles. The van der Waals surface area contributed by atoms with E-state index in [4.69, 9.17) is 17.0 Å². The molecule has 2 aliphatic heterocycles. The van der Waals surface area contributed by atoms with Crippen molar-refractivity contribution in [3.8, 4) is 0 Å². The molecular formula is C16H21N3OS. The summed E-state index contributed by atoms with van der Waals surface area (Å²) < 4.78 is 9.09. The van der Waals surface area contributed by atoms with Crippen LogP contribution in [0.5, 0.6) is 0 Å². The molecule has 2 unspecified atom stereocenters. The molecular weight excluding hydrogens is 282 g/mol. The first-order chi connectivity index (χ1) is 10.2. The zero-order chi connectivity index (χ0) is 14.4. The number of aromatic nitrogens is 2. The minimum atomic E-state index is 0.240. The summed E-state index contributed by atoms with van der Waals surface area (Å²) in [6.45, 7) is 6.11. The number of hydrogen-bond donors (Lipinski definition) is 1. The zero-order valence-corrected chi connectivity index (χ0v) is 13.2. The van der Waals surface area contributed by atoms with Gasteiger partial charge in [-0.25, -0.2) is 0 Å². The highest BCUT2D eigenvalue weighted by atomic mass is 32.1. The lowest BCUT2D eigenvalue weighted by molar-refractivity contribution is -0.0548. The molecule has 2 aliphatic rings. The van der Waals surface area contributed by atoms with Gasteiger partial charge in [0, 0.05) is 12.6 Å². The Morgan fingerprint density at radius 2 is 2.33 bits per heavy atom. The van der Waals surface area contributed by atoms with Crippen LogP contribution < -0.4 is 0 Å². The van der Waals surface area contributed by atoms with Gasteiger partial charge in [0.25, 0.3) is 0 Å². The third-order valence-electron chi connectivity index (χ3n) is 4.84. The molecule has 1 aromatic carbocycles. The van der Waals surface area contributed by atoms with Gasteiger partial charge in [-0.15, -0.1) is 0 Å². The second-order valence-electron chi connectivity index (χ2n) is 6.26. The van der Waals surface area contributed by atoms with E-state index in [9.17, 15) is 0 Å². The summed E-state index contributed by atoms with van der Waals surface area (Å²) in [5.74, 6) is 0. The van der Waals surface area contributed by atoms with Crippen LogP contribution in [0.25, 0.3) is 11.0 Å². The summed E-state index contributed by atoms with van der Waals surface area (Å²) in [7, 11) is 0. The van der Waals surface area contributed by atoms with E-state index in [1.807, 2.05) is 0 Å². The quantitative estimate of drug-likeness (QED) is 0.866. The number of nitrogens with zero attached hydrogens (tertiary/aromatic N) is 2. The van der Waals surface area contributed by atoms with Gasteiger partial charge in [0.15, 0.2) is 4.77 Å². The maximum absolute atomic E-state index is 6.09. The number of benzene rings is 1. The number of nitrogens with one attached hydrogen (secondary N) is 1. The molecule has 21 heavy (non-hydrogen) atoms. The third kappa shape index (κ3) is 2.33. The molecule has 2 aromatic rings. The largest absolute Gasteiger partial charge is 0.373 e. The maximum atomic E-state index is 6.09. The minimum absolute atomic E-state index is 0.240. The Morgan fingerprint density at radius 3 is 3.24 bits per heavy atom. The van der Waals surface area contributed by atoms with Crippen LogP contribution >= 0.6 is 12.2 Å². The fourth-order valence-corrected chi connectivity index (χ4v) is 4.05. The van der Waals surface area contributed by atoms with Crippen molar-refractivity contribution in [3.05, 3.63) is 28.5 Å². The standard InChI is InChI=1S/C16H21N3OS/c1-11-4-2-6-14-15(11)19(16(21)17-14)9-13-8-18-7-3-5-12(18)10-20-13/h2,4,6,12-13H,3,5,7-10H2,1H3,(H,17,21). The van der Waals surface area contributed by atoms with E-state index in [1.165, 1.54) is 30.5 Å². The second kappa shape index (κ2) is 5.23. The Morgan fingerprint density at radius 1 is 1.43 bits per heavy atom. The van der Waals surface area contributed by atoms with Gasteiger partial charge in [-0.3, -0.25) is 4.90 Å². The van der Waals surface area contributed by atoms with Crippen LogP contribution in [0.3, 0.4) is 0 Å². The van der Waals surface area contributed by atoms with Gasteiger partial charge < -0.3 is 14.3 Å². The van der Waals surface area contributed by atoms with Crippen LogP contribution in [0.15, 0.2) is 18.2 Å². The van der Waals surface area contributed by atoms with Crippen molar-refractivity contribution < 1.29 is 4.74 Å². The molecule has 4 nitrogen and oxygen atoms in total. The van der Waals surface area contributed by atoms with Crippen LogP contribution in [-0.4, -0.2) is 46.3 Å². The molecule has 0 saturated carbocycles. The van der Waals surface area contributed by atoms with Gasteiger partial charge in [-0.2, -0.15) is 0 Å². The number of morpholine rings is 1. The molecule has 5 heteroatoms. The van der Waals surface area contributed by atoms with E-state index in [1.54, 1.807) is 0 Å². The van der Waals surface area contributed by atoms with Crippen molar-refractivity contribution in [2.75, 3.05) is 19.7 Å². The van der Waals surface area contributed by atoms with Crippen molar-refractivity contribution in [1.29, 1.82) is 0 Å². The Balaban J connectivity index is 1.62. The molecule has 2 fully saturated rings. The highest BCUT2D eigenvalue weighted by Crippen LogP contribution is 2.25. The van der Waals surface area contributed by atoms with E-state index >= 15 is 0 Å². The first-order valence-electron chi connectivity index (χ1n) is 7.76. The summed E-state index contributed by atoms with van der Waals surface area (Å²) in [4.78, 5) is 5.90. The summed E-state index contributed by atoms with van der Waals surface area (Å²) >= 11 is 5.51. The fourth-order valence-electron chi connectivity index (χ4n) is 3.78. The van der Waals surface area contributed by atoms with Crippen molar-refractivity contribution in [2.24, 2.45) is 0 Å². The highest BCUT2D eigenvalue weighted by molar-refractivity contribution is 7.71. The van der Waals surface area contributed by atoms with Gasteiger partial charge in [0.2, 0.25) is 0 Å². The smallest absolute Gasteiger partial charge is 0.178 e. The predicted molar refractivity (Wildman–Crippen MR) is 86.2 cm³/mol. The van der Waals surface area contributed by atoms with Gasteiger partial charge in [0.05, 0.1) is 30.3 Å². The van der Waals surface area contributed by atoms with Crippen molar-refractivity contribution in [2.45, 2.75) is 38.5 Å². The number of H-pyrrole nitrogens is 1. The van der Waals surface area contributed by atoms with Crippen molar-refractivity contribution in [3.63, 3.8) is 0 Å². The number of aryl methyl sites for hydroxylation is 1. The lowest BCUT2D eigenvalue weighted by Crippen LogP contribution is -2.47. The maximum Gasteiger partial charge on any atom is 0.178 e. The molecule has 1 N–H and O–H groups in total. The normalized spacial score (nSPS) is 26.3. The zero-order valence-electron chi connectivity index (χ0n) is 12.3. The van der Waals surface area contributed by atoms with E-state index in [-0.39, 0.29) is 6.10 Å². The Hall–Kier alpha value is -1.17. The van der Waals surface area contributed by atoms with Gasteiger partial charge >= 0.3 is 0 Å². The Kier molecular flexibility index (Phi) is 3.36. The molecule has 0 amide bonds. The van der Waals surface area contributed by atoms with E-state index in [2.05, 4.69) is 39.6 Å². The Labute approximate surface area is 129 Å². The fraction of sp³-hybridized carbons (Fsp3) is 0.562. The molecule has 0 spiro atoms. The molecule has 0 bridgehead atoms. The van der Waals surface area contributed by atoms with Gasteiger partial charge in [-0.1, -0.05) is 12.1 Å². The summed E-state index contributed by atoms with van der Waals surface area (Å²) in [6.07, 6.45) is 2.84. The number of fused-ring (bicyclic) bond motifs is 2. The molecule has 0 radical (unpaired) electrons. The second-order valence-corrected chi connectivity index (χ2v) is 6.64. The lowest BCUT2D eigenvalue weighted by atomic mass is 10.1. The minimum Gasteiger partial charge on any atom is -0.373 e. The number of ether oxygens (including phenoxy) is 1. The van der Waals surface area contributed by atoms with Crippen LogP contribution in [0.4, 0.5) is 0 Å². The van der Waals surface area contributed by atoms with Crippen LogP contribution in [-0.2, 0) is 11.3 Å². The summed E-state index contributed by atoms with van der Waals surface area (Å²) in [5, 5.41) is 0. The first kappa shape index (κ1) is 13.5. The monoisotopic (exact) mass is 303 g/mol. The van der Waals surface area contributed by atoms with Crippen molar-refractivity contribution in [1.82, 2.24) is 14.5 Å². The number of para-hydroxylation sites is 1. The average molecular weight is 303 g/mol. The van der Waals surface area contributed by atoms with E-state index in [0.29, 0.717) is 6.04 Å². The average Bonchev–Trinajstić information content (AvgIpc) is 3.04. The lowest BCUT2D eigenvalue weighted by Gasteiger charge is -2.35. The first-order valence-corrected chi connectivity index (χ1v) is 8.17. The molecule has 0 aliphatic carbocycles. The Bertz CT molecular complexity index is 720. The molecule has 3 heterocycles. The molecule has 112 valence electrons. The van der Waals surface area contributed by atoms with Crippen LogP contribution in [0.2, 0.25) is 0 Å². The van der Waals surface area contributed by atoms with E-state index < -0.39 is 0 Å². The SMILES string of the molecule is Cc1cccc2[nH]c(=S)n(CC3CN4CCCC4CO3)c12.